The Morgan fingerprint density at radius 2 is 2.06 bits per heavy atom. The highest BCUT2D eigenvalue weighted by molar-refractivity contribution is 5.95. The molecule has 2 heterocycles. The molecule has 2 aromatic carbocycles. The molecule has 0 saturated heterocycles. The van der Waals surface area contributed by atoms with E-state index in [2.05, 4.69) is 42.0 Å². The first-order valence-electron chi connectivity index (χ1n) is 11.2. The lowest BCUT2D eigenvalue weighted by Crippen LogP contribution is -2.35. The lowest BCUT2D eigenvalue weighted by molar-refractivity contribution is 0.0680. The Hall–Kier alpha value is -3.08. The summed E-state index contributed by atoms with van der Waals surface area (Å²) in [5.41, 5.74) is 3.96. The molecule has 5 heteroatoms. The van der Waals surface area contributed by atoms with Crippen molar-refractivity contribution in [2.24, 2.45) is 5.92 Å². The Bertz CT molecular complexity index is 1080. The van der Waals surface area contributed by atoms with Crippen LogP contribution in [0.3, 0.4) is 0 Å². The van der Waals surface area contributed by atoms with Crippen LogP contribution in [0.1, 0.15) is 54.0 Å². The molecule has 5 nitrogen and oxygen atoms in total. The number of amides is 1. The van der Waals surface area contributed by atoms with Crippen molar-refractivity contribution >= 4 is 5.91 Å². The molecule has 1 fully saturated rings. The van der Waals surface area contributed by atoms with Gasteiger partial charge in [0.15, 0.2) is 0 Å². The lowest BCUT2D eigenvalue weighted by Gasteiger charge is -2.30. The minimum Gasteiger partial charge on any atom is -0.497 e. The van der Waals surface area contributed by atoms with Gasteiger partial charge in [-0.25, -0.2) is 4.98 Å². The lowest BCUT2D eigenvalue weighted by atomic mass is 10.0. The fourth-order valence-corrected chi connectivity index (χ4v) is 4.45. The van der Waals surface area contributed by atoms with Crippen LogP contribution in [0, 0.1) is 5.92 Å². The molecule has 160 valence electrons. The zero-order valence-electron chi connectivity index (χ0n) is 18.3. The molecular weight excluding hydrogens is 386 g/mol. The van der Waals surface area contributed by atoms with Gasteiger partial charge in [-0.15, -0.1) is 0 Å². The number of hydrogen-bond donors (Lipinski definition) is 0. The van der Waals surface area contributed by atoms with E-state index in [-0.39, 0.29) is 11.9 Å². The number of fused-ring (bicyclic) bond motifs is 1. The van der Waals surface area contributed by atoms with E-state index in [1.807, 2.05) is 29.2 Å². The molecule has 3 aromatic rings. The summed E-state index contributed by atoms with van der Waals surface area (Å²) in [6.45, 7) is 3.98. The first-order chi connectivity index (χ1) is 15.1. The molecule has 1 aliphatic heterocycles. The van der Waals surface area contributed by atoms with E-state index in [1.54, 1.807) is 7.11 Å². The minimum absolute atomic E-state index is 0.0197. The summed E-state index contributed by atoms with van der Waals surface area (Å²) in [5, 5.41) is 0. The summed E-state index contributed by atoms with van der Waals surface area (Å²) >= 11 is 0. The maximum Gasteiger partial charge on any atom is 0.254 e. The van der Waals surface area contributed by atoms with E-state index < -0.39 is 0 Å². The number of nitrogens with zero attached hydrogens (tertiary/aromatic N) is 3. The van der Waals surface area contributed by atoms with Crippen molar-refractivity contribution in [1.29, 1.82) is 0 Å². The average molecular weight is 416 g/mol. The molecule has 0 radical (unpaired) electrons. The Labute approximate surface area is 183 Å². The van der Waals surface area contributed by atoms with Crippen molar-refractivity contribution < 1.29 is 9.53 Å². The summed E-state index contributed by atoms with van der Waals surface area (Å²) in [4.78, 5) is 20.4. The van der Waals surface area contributed by atoms with E-state index in [1.165, 1.54) is 25.1 Å². The summed E-state index contributed by atoms with van der Waals surface area (Å²) < 4.78 is 7.60. The number of ether oxygens (including phenoxy) is 1. The molecular formula is C26H29N3O2. The van der Waals surface area contributed by atoms with Crippen LogP contribution < -0.4 is 4.74 Å². The summed E-state index contributed by atoms with van der Waals surface area (Å²) in [6, 6.07) is 16.0. The quantitative estimate of drug-likeness (QED) is 0.538. The van der Waals surface area contributed by atoms with Crippen molar-refractivity contribution in [2.45, 2.75) is 45.2 Å². The second-order valence-electron chi connectivity index (χ2n) is 8.77. The van der Waals surface area contributed by atoms with Gasteiger partial charge >= 0.3 is 0 Å². The number of rotatable bonds is 7. The SMILES string of the molecule is COc1cccc(C(=O)N(CC2CC2)C(C)c2cccc(-c3cn4c(n3)CCC4)c2)c1. The fourth-order valence-electron chi connectivity index (χ4n) is 4.45. The summed E-state index contributed by atoms with van der Waals surface area (Å²) in [7, 11) is 1.63. The third-order valence-corrected chi connectivity index (χ3v) is 6.52. The highest BCUT2D eigenvalue weighted by Crippen LogP contribution is 2.35. The fraction of sp³-hybridized carbons (Fsp3) is 0.385. The Balaban J connectivity index is 1.43. The molecule has 0 bridgehead atoms. The Morgan fingerprint density at radius 3 is 2.84 bits per heavy atom. The van der Waals surface area contributed by atoms with Crippen LogP contribution in [0.15, 0.2) is 54.7 Å². The molecule has 1 amide bonds. The molecule has 1 unspecified atom stereocenters. The summed E-state index contributed by atoms with van der Waals surface area (Å²) in [6.07, 6.45) is 6.81. The summed E-state index contributed by atoms with van der Waals surface area (Å²) in [5.74, 6) is 2.55. The van der Waals surface area contributed by atoms with Gasteiger partial charge in [0.25, 0.3) is 5.91 Å². The first-order valence-corrected chi connectivity index (χ1v) is 11.2. The van der Waals surface area contributed by atoms with Crippen LogP contribution in [0.4, 0.5) is 0 Å². The number of imidazole rings is 1. The Morgan fingerprint density at radius 1 is 1.23 bits per heavy atom. The number of benzene rings is 2. The predicted molar refractivity (Wildman–Crippen MR) is 121 cm³/mol. The van der Waals surface area contributed by atoms with Crippen molar-refractivity contribution in [3.63, 3.8) is 0 Å². The van der Waals surface area contributed by atoms with E-state index in [4.69, 9.17) is 9.72 Å². The molecule has 1 aromatic heterocycles. The third kappa shape index (κ3) is 4.09. The third-order valence-electron chi connectivity index (χ3n) is 6.52. The topological polar surface area (TPSA) is 47.4 Å². The highest BCUT2D eigenvalue weighted by Gasteiger charge is 2.31. The molecule has 2 aliphatic rings. The van der Waals surface area contributed by atoms with Crippen molar-refractivity contribution in [1.82, 2.24) is 14.5 Å². The van der Waals surface area contributed by atoms with Crippen LogP contribution in [0.5, 0.6) is 5.75 Å². The van der Waals surface area contributed by atoms with Crippen LogP contribution in [0.25, 0.3) is 11.3 Å². The highest BCUT2D eigenvalue weighted by atomic mass is 16.5. The standard InChI is InChI=1S/C26H29N3O2/c1-18(20-6-3-7-21(14-20)24-17-28-13-5-10-25(28)27-24)29(16-19-11-12-19)26(30)22-8-4-9-23(15-22)31-2/h3-4,6-9,14-15,17-19H,5,10-13,16H2,1-2H3. The van der Waals surface area contributed by atoms with Gasteiger partial charge in [0.1, 0.15) is 11.6 Å². The van der Waals surface area contributed by atoms with Gasteiger partial charge in [0, 0.05) is 36.8 Å². The van der Waals surface area contributed by atoms with Gasteiger partial charge in [-0.05, 0) is 61.9 Å². The second kappa shape index (κ2) is 8.22. The van der Waals surface area contributed by atoms with Crippen LogP contribution in [-0.4, -0.2) is 34.0 Å². The average Bonchev–Trinajstić information content (AvgIpc) is 3.37. The monoisotopic (exact) mass is 415 g/mol. The van der Waals surface area contributed by atoms with Gasteiger partial charge < -0.3 is 14.2 Å². The molecule has 1 aliphatic carbocycles. The smallest absolute Gasteiger partial charge is 0.254 e. The van der Waals surface area contributed by atoms with E-state index in [9.17, 15) is 4.79 Å². The van der Waals surface area contributed by atoms with Crippen molar-refractivity contribution in [3.8, 4) is 17.0 Å². The van der Waals surface area contributed by atoms with Gasteiger partial charge in [0.2, 0.25) is 0 Å². The number of carbonyl (C=O) groups is 1. The van der Waals surface area contributed by atoms with E-state index in [0.717, 1.165) is 36.3 Å². The normalized spacial score (nSPS) is 16.1. The number of aryl methyl sites for hydroxylation is 2. The van der Waals surface area contributed by atoms with Crippen LogP contribution in [0.2, 0.25) is 0 Å². The minimum atomic E-state index is -0.0197. The molecule has 31 heavy (non-hydrogen) atoms. The zero-order valence-corrected chi connectivity index (χ0v) is 18.3. The first kappa shape index (κ1) is 19.9. The molecule has 1 saturated carbocycles. The molecule has 0 N–H and O–H groups in total. The number of methoxy groups -OCH3 is 1. The van der Waals surface area contributed by atoms with Gasteiger partial charge in [-0.1, -0.05) is 24.3 Å². The Kier molecular flexibility index (Phi) is 5.26. The number of hydrogen-bond acceptors (Lipinski definition) is 3. The van der Waals surface area contributed by atoms with E-state index >= 15 is 0 Å². The van der Waals surface area contributed by atoms with Crippen LogP contribution in [-0.2, 0) is 13.0 Å². The van der Waals surface area contributed by atoms with Gasteiger partial charge in [-0.2, -0.15) is 0 Å². The largest absolute Gasteiger partial charge is 0.497 e. The van der Waals surface area contributed by atoms with Crippen molar-refractivity contribution in [3.05, 3.63) is 71.7 Å². The van der Waals surface area contributed by atoms with E-state index in [0.29, 0.717) is 17.2 Å². The second-order valence-corrected chi connectivity index (χ2v) is 8.77. The predicted octanol–water partition coefficient (Wildman–Crippen LogP) is 5.12. The zero-order chi connectivity index (χ0) is 21.4. The molecule has 0 spiro atoms. The maximum absolute atomic E-state index is 13.5. The van der Waals surface area contributed by atoms with Gasteiger partial charge in [-0.3, -0.25) is 4.79 Å². The molecule has 1 atom stereocenters. The van der Waals surface area contributed by atoms with Gasteiger partial charge in [0.05, 0.1) is 18.8 Å². The van der Waals surface area contributed by atoms with Crippen LogP contribution >= 0.6 is 0 Å². The number of carbonyl (C=O) groups excluding carboxylic acids is 1. The van der Waals surface area contributed by atoms with Crippen molar-refractivity contribution in [2.75, 3.05) is 13.7 Å². The number of aromatic nitrogens is 2. The maximum atomic E-state index is 13.5. The molecule has 5 rings (SSSR count).